The number of rotatable bonds is 4. The number of hydrogen-bond acceptors (Lipinski definition) is 3. The summed E-state index contributed by atoms with van der Waals surface area (Å²) < 4.78 is 5.33. The average Bonchev–Trinajstić information content (AvgIpc) is 2.80. The Balaban J connectivity index is 2.57. The molecule has 1 heterocycles. The Kier molecular flexibility index (Phi) is 3.46. The monoisotopic (exact) mass is 259 g/mol. The van der Waals surface area contributed by atoms with Gasteiger partial charge in [0.05, 0.1) is 18.4 Å². The number of primary amides is 1. The average molecular weight is 259 g/mol. The van der Waals surface area contributed by atoms with Crippen LogP contribution in [0, 0.1) is 0 Å². The zero-order chi connectivity index (χ0) is 14.0. The summed E-state index contributed by atoms with van der Waals surface area (Å²) in [4.78, 5) is 14.2. The number of hydrogen-bond donors (Lipinski definition) is 3. The van der Waals surface area contributed by atoms with E-state index in [0.717, 1.165) is 23.4 Å². The van der Waals surface area contributed by atoms with Crippen LogP contribution in [0.2, 0.25) is 0 Å². The van der Waals surface area contributed by atoms with Gasteiger partial charge in [-0.25, -0.2) is 0 Å². The van der Waals surface area contributed by atoms with Gasteiger partial charge in [0.1, 0.15) is 11.6 Å². The molecular weight excluding hydrogens is 242 g/mol. The zero-order valence-electron chi connectivity index (χ0n) is 11.0. The van der Waals surface area contributed by atoms with Gasteiger partial charge in [0.25, 0.3) is 5.91 Å². The van der Waals surface area contributed by atoms with Gasteiger partial charge in [0.2, 0.25) is 0 Å². The van der Waals surface area contributed by atoms with Crippen LogP contribution >= 0.6 is 0 Å². The van der Waals surface area contributed by atoms with Crippen molar-refractivity contribution in [2.24, 2.45) is 5.73 Å². The van der Waals surface area contributed by atoms with E-state index in [1.54, 1.807) is 13.2 Å². The van der Waals surface area contributed by atoms with Crippen LogP contribution in [0.15, 0.2) is 24.3 Å². The molecule has 19 heavy (non-hydrogen) atoms. The molecule has 5 N–H and O–H groups in total. The fourth-order valence-electron chi connectivity index (χ4n) is 2.01. The minimum absolute atomic E-state index is 0.270. The molecule has 0 atom stereocenters. The van der Waals surface area contributed by atoms with Gasteiger partial charge in [-0.3, -0.25) is 4.79 Å². The van der Waals surface area contributed by atoms with Gasteiger partial charge in [-0.05, 0) is 30.2 Å². The Morgan fingerprint density at radius 3 is 2.63 bits per heavy atom. The minimum atomic E-state index is -0.550. The van der Waals surface area contributed by atoms with Crippen molar-refractivity contribution in [1.82, 2.24) is 4.98 Å². The van der Waals surface area contributed by atoms with Crippen molar-refractivity contribution in [3.63, 3.8) is 0 Å². The van der Waals surface area contributed by atoms with E-state index in [0.29, 0.717) is 5.56 Å². The van der Waals surface area contributed by atoms with E-state index in [2.05, 4.69) is 11.9 Å². The quantitative estimate of drug-likeness (QED) is 0.783. The third-order valence-electron chi connectivity index (χ3n) is 3.08. The Hall–Kier alpha value is -2.43. The highest BCUT2D eigenvalue weighted by Gasteiger charge is 2.14. The maximum atomic E-state index is 11.2. The number of ether oxygens (including phenoxy) is 1. The summed E-state index contributed by atoms with van der Waals surface area (Å²) in [5.41, 5.74) is 14.1. The Labute approximate surface area is 111 Å². The number of benzene rings is 1. The number of amides is 1. The molecule has 0 saturated heterocycles. The number of carbonyl (C=O) groups excluding carboxylic acids is 1. The molecule has 5 nitrogen and oxygen atoms in total. The van der Waals surface area contributed by atoms with Crippen LogP contribution in [0.4, 0.5) is 5.82 Å². The van der Waals surface area contributed by atoms with Crippen molar-refractivity contribution in [3.05, 3.63) is 35.4 Å². The number of nitrogens with two attached hydrogens (primary N) is 2. The highest BCUT2D eigenvalue weighted by atomic mass is 16.5. The third-order valence-corrected chi connectivity index (χ3v) is 3.08. The minimum Gasteiger partial charge on any atom is -0.496 e. The van der Waals surface area contributed by atoms with Gasteiger partial charge in [-0.2, -0.15) is 0 Å². The maximum absolute atomic E-state index is 11.2. The largest absolute Gasteiger partial charge is 0.496 e. The predicted molar refractivity (Wildman–Crippen MR) is 75.1 cm³/mol. The van der Waals surface area contributed by atoms with Gasteiger partial charge in [0, 0.05) is 5.56 Å². The van der Waals surface area contributed by atoms with Gasteiger partial charge in [0.15, 0.2) is 0 Å². The molecule has 1 aromatic carbocycles. The first-order valence-corrected chi connectivity index (χ1v) is 6.02. The van der Waals surface area contributed by atoms with Crippen molar-refractivity contribution < 1.29 is 9.53 Å². The first kappa shape index (κ1) is 13.0. The lowest BCUT2D eigenvalue weighted by atomic mass is 10.0. The topological polar surface area (TPSA) is 94.1 Å². The SMILES string of the molecule is CCc1ccc(OC)c(-c2cc(C(N)=O)c(N)[nH]2)c1. The molecule has 0 saturated carbocycles. The van der Waals surface area contributed by atoms with E-state index in [-0.39, 0.29) is 5.82 Å². The van der Waals surface area contributed by atoms with Crippen LogP contribution in [0.5, 0.6) is 5.75 Å². The van der Waals surface area contributed by atoms with Gasteiger partial charge in [-0.1, -0.05) is 13.0 Å². The van der Waals surface area contributed by atoms with Gasteiger partial charge < -0.3 is 21.2 Å². The number of methoxy groups -OCH3 is 1. The van der Waals surface area contributed by atoms with E-state index < -0.39 is 5.91 Å². The Morgan fingerprint density at radius 1 is 1.37 bits per heavy atom. The lowest BCUT2D eigenvalue weighted by molar-refractivity contribution is 0.100. The highest BCUT2D eigenvalue weighted by Crippen LogP contribution is 2.32. The summed E-state index contributed by atoms with van der Waals surface area (Å²) in [7, 11) is 1.60. The van der Waals surface area contributed by atoms with Gasteiger partial charge >= 0.3 is 0 Å². The smallest absolute Gasteiger partial charge is 0.252 e. The molecule has 0 aliphatic carbocycles. The summed E-state index contributed by atoms with van der Waals surface area (Å²) >= 11 is 0. The van der Waals surface area contributed by atoms with Crippen molar-refractivity contribution in [2.75, 3.05) is 12.8 Å². The molecule has 0 unspecified atom stereocenters. The number of nitrogens with one attached hydrogen (secondary N) is 1. The fourth-order valence-corrected chi connectivity index (χ4v) is 2.01. The molecule has 0 aliphatic rings. The Bertz CT molecular complexity index is 617. The summed E-state index contributed by atoms with van der Waals surface area (Å²) in [6, 6.07) is 7.56. The molecule has 0 radical (unpaired) electrons. The second-order valence-electron chi connectivity index (χ2n) is 4.26. The number of aromatic amines is 1. The third kappa shape index (κ3) is 2.40. The lowest BCUT2D eigenvalue weighted by Crippen LogP contribution is -2.11. The Morgan fingerprint density at radius 2 is 2.11 bits per heavy atom. The van der Waals surface area contributed by atoms with E-state index in [4.69, 9.17) is 16.2 Å². The van der Waals surface area contributed by atoms with E-state index >= 15 is 0 Å². The van der Waals surface area contributed by atoms with Crippen LogP contribution in [0.25, 0.3) is 11.3 Å². The van der Waals surface area contributed by atoms with Gasteiger partial charge in [-0.15, -0.1) is 0 Å². The predicted octanol–water partition coefficient (Wildman–Crippen LogP) is 1.93. The molecule has 5 heteroatoms. The number of H-pyrrole nitrogens is 1. The maximum Gasteiger partial charge on any atom is 0.252 e. The molecule has 0 fully saturated rings. The molecule has 2 aromatic rings. The molecular formula is C14H17N3O2. The van der Waals surface area contributed by atoms with Crippen LogP contribution in [0.3, 0.4) is 0 Å². The summed E-state index contributed by atoms with van der Waals surface area (Å²) in [6.45, 7) is 2.07. The molecule has 0 spiro atoms. The van der Waals surface area contributed by atoms with Crippen LogP contribution in [0.1, 0.15) is 22.8 Å². The molecule has 2 rings (SSSR count). The van der Waals surface area contributed by atoms with Crippen LogP contribution < -0.4 is 16.2 Å². The number of anilines is 1. The number of aromatic nitrogens is 1. The van der Waals surface area contributed by atoms with Crippen LogP contribution in [-0.4, -0.2) is 18.0 Å². The molecule has 0 aliphatic heterocycles. The summed E-state index contributed by atoms with van der Waals surface area (Å²) in [6.07, 6.45) is 0.913. The van der Waals surface area contributed by atoms with E-state index in [1.807, 2.05) is 18.2 Å². The second-order valence-corrected chi connectivity index (χ2v) is 4.26. The molecule has 0 bridgehead atoms. The van der Waals surface area contributed by atoms with Crippen molar-refractivity contribution in [3.8, 4) is 17.0 Å². The first-order chi connectivity index (χ1) is 9.06. The van der Waals surface area contributed by atoms with Crippen molar-refractivity contribution in [1.29, 1.82) is 0 Å². The zero-order valence-corrected chi connectivity index (χ0v) is 11.0. The highest BCUT2D eigenvalue weighted by molar-refractivity contribution is 5.99. The number of nitrogen functional groups attached to an aromatic ring is 1. The molecule has 1 aromatic heterocycles. The number of aryl methyl sites for hydroxylation is 1. The standard InChI is InChI=1S/C14H17N3O2/c1-3-8-4-5-12(19-2)9(6-8)11-7-10(14(16)18)13(15)17-11/h4-7,17H,3,15H2,1-2H3,(H2,16,18). The van der Waals surface area contributed by atoms with Crippen LogP contribution in [-0.2, 0) is 6.42 Å². The van der Waals surface area contributed by atoms with E-state index in [9.17, 15) is 4.79 Å². The first-order valence-electron chi connectivity index (χ1n) is 6.02. The van der Waals surface area contributed by atoms with E-state index in [1.165, 1.54) is 5.56 Å². The normalized spacial score (nSPS) is 10.4. The molecule has 1 amide bonds. The van der Waals surface area contributed by atoms with Crippen molar-refractivity contribution >= 4 is 11.7 Å². The van der Waals surface area contributed by atoms with Crippen molar-refractivity contribution in [2.45, 2.75) is 13.3 Å². The number of carbonyl (C=O) groups is 1. The fraction of sp³-hybridized carbons (Fsp3) is 0.214. The summed E-state index contributed by atoms with van der Waals surface area (Å²) in [5, 5.41) is 0. The molecule has 100 valence electrons. The second kappa shape index (κ2) is 5.06. The summed E-state index contributed by atoms with van der Waals surface area (Å²) in [5.74, 6) is 0.437. The lowest BCUT2D eigenvalue weighted by Gasteiger charge is -2.08.